The third-order valence-electron chi connectivity index (χ3n) is 3.30. The van der Waals surface area contributed by atoms with Crippen LogP contribution in [0.3, 0.4) is 0 Å². The van der Waals surface area contributed by atoms with E-state index in [1.807, 2.05) is 0 Å². The van der Waals surface area contributed by atoms with Crippen molar-refractivity contribution >= 4 is 17.5 Å². The molecule has 2 rings (SSSR count). The molecule has 0 saturated carbocycles. The molecule has 7 nitrogen and oxygen atoms in total. The molecule has 0 fully saturated rings. The highest BCUT2D eigenvalue weighted by atomic mass is 16.6. The van der Waals surface area contributed by atoms with Crippen LogP contribution < -0.4 is 10.6 Å². The van der Waals surface area contributed by atoms with Crippen LogP contribution in [0.25, 0.3) is 0 Å². The van der Waals surface area contributed by atoms with E-state index in [1.54, 1.807) is 24.3 Å². The number of benzene rings is 2. The molecule has 2 N–H and O–H groups in total. The van der Waals surface area contributed by atoms with Crippen molar-refractivity contribution < 1.29 is 14.5 Å². The van der Waals surface area contributed by atoms with E-state index in [9.17, 15) is 19.7 Å². The summed E-state index contributed by atoms with van der Waals surface area (Å²) >= 11 is 0. The van der Waals surface area contributed by atoms with Gasteiger partial charge in [0.1, 0.15) is 0 Å². The van der Waals surface area contributed by atoms with Crippen LogP contribution in [-0.4, -0.2) is 30.3 Å². The number of rotatable bonds is 4. The molecule has 2 aromatic carbocycles. The fourth-order valence-electron chi connectivity index (χ4n) is 2.03. The summed E-state index contributed by atoms with van der Waals surface area (Å²) in [5.41, 5.74) is 1.24. The molecule has 0 bridgehead atoms. The maximum atomic E-state index is 11.9. The Kier molecular flexibility index (Phi) is 5.85. The van der Waals surface area contributed by atoms with Crippen molar-refractivity contribution in [2.75, 3.05) is 13.6 Å². The van der Waals surface area contributed by atoms with Gasteiger partial charge in [-0.15, -0.1) is 0 Å². The van der Waals surface area contributed by atoms with Gasteiger partial charge in [-0.2, -0.15) is 0 Å². The summed E-state index contributed by atoms with van der Waals surface area (Å²) in [5.74, 6) is 5.00. The number of non-ortho nitro benzene ring substituents is 1. The molecular formula is C18H15N3O4. The van der Waals surface area contributed by atoms with Crippen molar-refractivity contribution in [2.45, 2.75) is 0 Å². The number of carbonyl (C=O) groups excluding carboxylic acids is 2. The van der Waals surface area contributed by atoms with Crippen LogP contribution in [0.5, 0.6) is 0 Å². The molecule has 0 aliphatic carbocycles. The molecule has 7 heteroatoms. The van der Waals surface area contributed by atoms with Gasteiger partial charge in [0.05, 0.1) is 17.0 Å². The average molecular weight is 337 g/mol. The van der Waals surface area contributed by atoms with Crippen LogP contribution in [0.15, 0.2) is 48.5 Å². The first-order valence-corrected chi connectivity index (χ1v) is 7.35. The monoisotopic (exact) mass is 337 g/mol. The van der Waals surface area contributed by atoms with E-state index in [-0.39, 0.29) is 24.0 Å². The smallest absolute Gasteiger partial charge is 0.269 e. The molecule has 0 spiro atoms. The second-order valence-electron chi connectivity index (χ2n) is 4.91. The van der Waals surface area contributed by atoms with E-state index in [4.69, 9.17) is 0 Å². The van der Waals surface area contributed by atoms with Gasteiger partial charge in [0.25, 0.3) is 17.5 Å². The lowest BCUT2D eigenvalue weighted by Gasteiger charge is -2.02. The summed E-state index contributed by atoms with van der Waals surface area (Å²) in [5, 5.41) is 15.7. The van der Waals surface area contributed by atoms with Crippen LogP contribution in [0, 0.1) is 22.0 Å². The first-order valence-electron chi connectivity index (χ1n) is 7.35. The standard InChI is InChI=1S/C18H15N3O4/c1-19-18(23)16-7-3-2-5-13(16)6-4-12-20-17(22)14-8-10-15(11-9-14)21(24)25/h2-3,5,7-11H,12H2,1H3,(H,19,23)(H,20,22). The summed E-state index contributed by atoms with van der Waals surface area (Å²) in [6.45, 7) is 0.0812. The predicted octanol–water partition coefficient (Wildman–Crippen LogP) is 1.74. The Balaban J connectivity index is 2.00. The fourth-order valence-corrected chi connectivity index (χ4v) is 2.03. The van der Waals surface area contributed by atoms with Gasteiger partial charge in [-0.3, -0.25) is 19.7 Å². The van der Waals surface area contributed by atoms with Gasteiger partial charge in [0.2, 0.25) is 0 Å². The zero-order valence-corrected chi connectivity index (χ0v) is 13.4. The third-order valence-corrected chi connectivity index (χ3v) is 3.30. The number of nitrogens with one attached hydrogen (secondary N) is 2. The van der Waals surface area contributed by atoms with Crippen molar-refractivity contribution in [3.8, 4) is 11.8 Å². The van der Waals surface area contributed by atoms with Crippen molar-refractivity contribution in [3.05, 3.63) is 75.3 Å². The zero-order chi connectivity index (χ0) is 18.2. The fraction of sp³-hybridized carbons (Fsp3) is 0.111. The zero-order valence-electron chi connectivity index (χ0n) is 13.4. The predicted molar refractivity (Wildman–Crippen MR) is 92.1 cm³/mol. The minimum absolute atomic E-state index is 0.0812. The molecule has 0 unspecified atom stereocenters. The molecule has 0 heterocycles. The number of nitro groups is 1. The van der Waals surface area contributed by atoms with Crippen LogP contribution in [0.1, 0.15) is 26.3 Å². The van der Waals surface area contributed by atoms with Crippen molar-refractivity contribution in [3.63, 3.8) is 0 Å². The molecule has 0 aliphatic heterocycles. The minimum atomic E-state index is -0.531. The van der Waals surface area contributed by atoms with Crippen LogP contribution >= 0.6 is 0 Å². The molecule has 0 saturated heterocycles. The number of amides is 2. The Bertz CT molecular complexity index is 864. The highest BCUT2D eigenvalue weighted by Gasteiger charge is 2.09. The minimum Gasteiger partial charge on any atom is -0.355 e. The molecule has 2 aromatic rings. The molecule has 0 aliphatic rings. The topological polar surface area (TPSA) is 101 Å². The Morgan fingerprint density at radius 2 is 1.76 bits per heavy atom. The second-order valence-corrected chi connectivity index (χ2v) is 4.91. The normalized spacial score (nSPS) is 9.48. The maximum Gasteiger partial charge on any atom is 0.269 e. The maximum absolute atomic E-state index is 11.9. The van der Waals surface area contributed by atoms with Crippen LogP contribution in [0.2, 0.25) is 0 Å². The molecule has 0 atom stereocenters. The van der Waals surface area contributed by atoms with Crippen molar-refractivity contribution in [2.24, 2.45) is 0 Å². The highest BCUT2D eigenvalue weighted by molar-refractivity contribution is 5.96. The molecule has 2 amide bonds. The lowest BCUT2D eigenvalue weighted by atomic mass is 10.1. The Labute approximate surface area is 144 Å². The van der Waals surface area contributed by atoms with E-state index in [1.165, 1.54) is 31.3 Å². The molecule has 0 radical (unpaired) electrons. The Morgan fingerprint density at radius 1 is 1.08 bits per heavy atom. The van der Waals surface area contributed by atoms with Gasteiger partial charge < -0.3 is 10.6 Å². The van der Waals surface area contributed by atoms with Gasteiger partial charge in [-0.1, -0.05) is 24.0 Å². The average Bonchev–Trinajstić information content (AvgIpc) is 2.64. The lowest BCUT2D eigenvalue weighted by Crippen LogP contribution is -2.23. The van der Waals surface area contributed by atoms with Crippen molar-refractivity contribution in [1.29, 1.82) is 0 Å². The molecule has 126 valence electrons. The first-order chi connectivity index (χ1) is 12.0. The van der Waals surface area contributed by atoms with Gasteiger partial charge in [0, 0.05) is 30.3 Å². The number of hydrogen-bond donors (Lipinski definition) is 2. The largest absolute Gasteiger partial charge is 0.355 e. The molecule has 0 aromatic heterocycles. The Morgan fingerprint density at radius 3 is 2.40 bits per heavy atom. The summed E-state index contributed by atoms with van der Waals surface area (Å²) in [7, 11) is 1.54. The summed E-state index contributed by atoms with van der Waals surface area (Å²) in [4.78, 5) is 33.7. The lowest BCUT2D eigenvalue weighted by molar-refractivity contribution is -0.384. The summed E-state index contributed by atoms with van der Waals surface area (Å²) < 4.78 is 0. The number of nitrogens with zero attached hydrogens (tertiary/aromatic N) is 1. The van der Waals surface area contributed by atoms with Crippen molar-refractivity contribution in [1.82, 2.24) is 10.6 Å². The van der Waals surface area contributed by atoms with Gasteiger partial charge in [-0.25, -0.2) is 0 Å². The summed E-state index contributed by atoms with van der Waals surface area (Å²) in [6, 6.07) is 12.2. The SMILES string of the molecule is CNC(=O)c1ccccc1C#CCNC(=O)c1ccc([N+](=O)[O-])cc1. The Hall–Kier alpha value is -3.66. The van der Waals surface area contributed by atoms with E-state index in [0.717, 1.165) is 0 Å². The van der Waals surface area contributed by atoms with Gasteiger partial charge >= 0.3 is 0 Å². The van der Waals surface area contributed by atoms with Gasteiger partial charge in [0.15, 0.2) is 0 Å². The first kappa shape index (κ1) is 17.7. The molecular weight excluding hydrogens is 322 g/mol. The van der Waals surface area contributed by atoms with E-state index >= 15 is 0 Å². The second kappa shape index (κ2) is 8.26. The van der Waals surface area contributed by atoms with Crippen LogP contribution in [-0.2, 0) is 0 Å². The van der Waals surface area contributed by atoms with E-state index < -0.39 is 4.92 Å². The quantitative estimate of drug-likeness (QED) is 0.504. The number of carbonyl (C=O) groups is 2. The third kappa shape index (κ3) is 4.65. The van der Waals surface area contributed by atoms with E-state index in [0.29, 0.717) is 16.7 Å². The highest BCUT2D eigenvalue weighted by Crippen LogP contribution is 2.11. The number of nitro benzene ring substituents is 1. The molecule has 25 heavy (non-hydrogen) atoms. The van der Waals surface area contributed by atoms with Crippen LogP contribution in [0.4, 0.5) is 5.69 Å². The number of hydrogen-bond acceptors (Lipinski definition) is 4. The van der Waals surface area contributed by atoms with E-state index in [2.05, 4.69) is 22.5 Å². The van der Waals surface area contributed by atoms with Gasteiger partial charge in [-0.05, 0) is 24.3 Å². The summed E-state index contributed by atoms with van der Waals surface area (Å²) in [6.07, 6.45) is 0.